The zero-order valence-corrected chi connectivity index (χ0v) is 16.9. The second-order valence-electron chi connectivity index (χ2n) is 7.84. The van der Waals surface area contributed by atoms with Crippen molar-refractivity contribution in [3.05, 3.63) is 36.5 Å². The Morgan fingerprint density at radius 2 is 1.12 bits per heavy atom. The molecule has 2 fully saturated rings. The molecule has 3 aliphatic carbocycles. The second kappa shape index (κ2) is 11.7. The molecule has 0 heterocycles. The summed E-state index contributed by atoms with van der Waals surface area (Å²) >= 11 is 0. The Morgan fingerprint density at radius 3 is 1.54 bits per heavy atom. The lowest BCUT2D eigenvalue weighted by Gasteiger charge is -2.26. The van der Waals surface area contributed by atoms with Crippen molar-refractivity contribution in [2.75, 3.05) is 0 Å². The molecule has 0 amide bonds. The Hall–Kier alpha value is -0.780. The molecule has 3 aliphatic rings. The summed E-state index contributed by atoms with van der Waals surface area (Å²) in [7, 11) is 0. The van der Waals surface area contributed by atoms with Gasteiger partial charge in [-0.05, 0) is 76.0 Å². The molecule has 138 valence electrons. The van der Waals surface area contributed by atoms with E-state index < -0.39 is 0 Å². The Balaban J connectivity index is 0.000000227. The fourth-order valence-electron chi connectivity index (χ4n) is 4.64. The van der Waals surface area contributed by atoms with E-state index in [2.05, 4.69) is 50.3 Å². The second-order valence-corrected chi connectivity index (χ2v) is 7.84. The first-order chi connectivity index (χ1) is 11.7. The van der Waals surface area contributed by atoms with Gasteiger partial charge in [-0.1, -0.05) is 76.0 Å². The topological polar surface area (TPSA) is 0 Å². The fraction of sp³-hybridized carbons (Fsp3) is 0.750. The molecule has 0 saturated heterocycles. The molecule has 3 rings (SSSR count). The van der Waals surface area contributed by atoms with Gasteiger partial charge in [0.05, 0.1) is 0 Å². The van der Waals surface area contributed by atoms with Gasteiger partial charge in [-0.15, -0.1) is 0 Å². The molecule has 24 heavy (non-hydrogen) atoms. The summed E-state index contributed by atoms with van der Waals surface area (Å²) in [6, 6.07) is 0. The van der Waals surface area contributed by atoms with Gasteiger partial charge in [0.1, 0.15) is 0 Å². The number of hydrogen-bond donors (Lipinski definition) is 0. The summed E-state index contributed by atoms with van der Waals surface area (Å²) < 4.78 is 0. The van der Waals surface area contributed by atoms with Crippen molar-refractivity contribution >= 4 is 0 Å². The highest BCUT2D eigenvalue weighted by molar-refractivity contribution is 5.04. The van der Waals surface area contributed by atoms with E-state index in [0.717, 1.165) is 5.41 Å². The van der Waals surface area contributed by atoms with Crippen LogP contribution in [0.5, 0.6) is 0 Å². The molecule has 0 bridgehead atoms. The van der Waals surface area contributed by atoms with Crippen molar-refractivity contribution in [2.45, 2.75) is 105 Å². The molecule has 1 spiro atoms. The normalized spacial score (nSPS) is 23.5. The van der Waals surface area contributed by atoms with Crippen LogP contribution in [0.2, 0.25) is 0 Å². The van der Waals surface area contributed by atoms with E-state index >= 15 is 0 Å². The minimum Gasteiger partial charge on any atom is -0.0916 e. The summed E-state index contributed by atoms with van der Waals surface area (Å²) in [5.41, 5.74) is 1.40. The predicted octanol–water partition coefficient (Wildman–Crippen LogP) is 8.40. The van der Waals surface area contributed by atoms with E-state index in [0.29, 0.717) is 5.41 Å². The summed E-state index contributed by atoms with van der Waals surface area (Å²) in [4.78, 5) is 0. The van der Waals surface area contributed by atoms with Crippen LogP contribution in [-0.4, -0.2) is 0 Å². The van der Waals surface area contributed by atoms with Crippen LogP contribution in [0.3, 0.4) is 0 Å². The Labute approximate surface area is 152 Å². The van der Waals surface area contributed by atoms with Crippen molar-refractivity contribution in [3.8, 4) is 0 Å². The van der Waals surface area contributed by atoms with Crippen molar-refractivity contribution in [1.82, 2.24) is 0 Å². The van der Waals surface area contributed by atoms with Gasteiger partial charge in [0.2, 0.25) is 0 Å². The summed E-state index contributed by atoms with van der Waals surface area (Å²) in [6.07, 6.45) is 30.9. The lowest BCUT2D eigenvalue weighted by Crippen LogP contribution is -2.13. The molecular formula is C24H42. The van der Waals surface area contributed by atoms with Crippen LogP contribution in [0, 0.1) is 10.8 Å². The van der Waals surface area contributed by atoms with Crippen molar-refractivity contribution < 1.29 is 0 Å². The Bertz CT molecular complexity index is 358. The van der Waals surface area contributed by atoms with Crippen LogP contribution < -0.4 is 0 Å². The minimum absolute atomic E-state index is 0.624. The molecule has 0 aromatic carbocycles. The van der Waals surface area contributed by atoms with Crippen molar-refractivity contribution in [1.29, 1.82) is 0 Å². The van der Waals surface area contributed by atoms with Crippen LogP contribution in [0.4, 0.5) is 0 Å². The standard InChI is InChI=1S/C13H22.C9H14.C2H6/c1-3-5-9-13(10-6-4-2)11-7-8-12-13;1-2-6-9(5-1)7-3-4-8-9;1-2/h3-6H,7-12H2,1-2H3;1-2H,3-8H2;1-2H3. The first-order valence-electron chi connectivity index (χ1n) is 10.6. The summed E-state index contributed by atoms with van der Waals surface area (Å²) in [6.45, 7) is 8.25. The molecule has 0 aromatic heterocycles. The van der Waals surface area contributed by atoms with Gasteiger partial charge in [-0.2, -0.15) is 0 Å². The van der Waals surface area contributed by atoms with E-state index in [1.165, 1.54) is 77.0 Å². The molecule has 0 heteroatoms. The zero-order chi connectivity index (χ0) is 17.7. The molecular weight excluding hydrogens is 288 g/mol. The third kappa shape index (κ3) is 6.61. The van der Waals surface area contributed by atoms with Crippen LogP contribution in [0.15, 0.2) is 36.5 Å². The maximum atomic E-state index is 2.37. The molecule has 0 radical (unpaired) electrons. The van der Waals surface area contributed by atoms with E-state index in [4.69, 9.17) is 0 Å². The Morgan fingerprint density at radius 1 is 0.708 bits per heavy atom. The van der Waals surface area contributed by atoms with Gasteiger partial charge in [-0.3, -0.25) is 0 Å². The van der Waals surface area contributed by atoms with Crippen LogP contribution in [-0.2, 0) is 0 Å². The third-order valence-electron chi connectivity index (χ3n) is 6.17. The van der Waals surface area contributed by atoms with Gasteiger partial charge in [0, 0.05) is 0 Å². The van der Waals surface area contributed by atoms with E-state index in [-0.39, 0.29) is 0 Å². The van der Waals surface area contributed by atoms with Crippen molar-refractivity contribution in [2.24, 2.45) is 10.8 Å². The van der Waals surface area contributed by atoms with Crippen LogP contribution in [0.25, 0.3) is 0 Å². The van der Waals surface area contributed by atoms with E-state index in [1.54, 1.807) is 0 Å². The first-order valence-corrected chi connectivity index (χ1v) is 10.6. The minimum atomic E-state index is 0.624. The van der Waals surface area contributed by atoms with Crippen LogP contribution >= 0.6 is 0 Å². The zero-order valence-electron chi connectivity index (χ0n) is 16.9. The Kier molecular flexibility index (Phi) is 10.4. The highest BCUT2D eigenvalue weighted by atomic mass is 14.4. The molecule has 2 saturated carbocycles. The number of rotatable bonds is 4. The predicted molar refractivity (Wildman–Crippen MR) is 110 cm³/mol. The van der Waals surface area contributed by atoms with Gasteiger partial charge in [0.15, 0.2) is 0 Å². The smallest absolute Gasteiger partial charge is 0.0228 e. The van der Waals surface area contributed by atoms with Gasteiger partial charge >= 0.3 is 0 Å². The lowest BCUT2D eigenvalue weighted by molar-refractivity contribution is 0.305. The first kappa shape index (κ1) is 21.3. The quantitative estimate of drug-likeness (QED) is 0.454. The maximum Gasteiger partial charge on any atom is -0.0228 e. The molecule has 0 N–H and O–H groups in total. The molecule has 0 aromatic rings. The van der Waals surface area contributed by atoms with E-state index in [1.807, 2.05) is 13.8 Å². The number of hydrogen-bond acceptors (Lipinski definition) is 0. The number of allylic oxidation sites excluding steroid dienone is 6. The highest BCUT2D eigenvalue weighted by Gasteiger charge is 2.33. The van der Waals surface area contributed by atoms with Gasteiger partial charge in [0.25, 0.3) is 0 Å². The molecule has 0 aliphatic heterocycles. The monoisotopic (exact) mass is 330 g/mol. The van der Waals surface area contributed by atoms with Crippen molar-refractivity contribution in [3.63, 3.8) is 0 Å². The summed E-state index contributed by atoms with van der Waals surface area (Å²) in [5.74, 6) is 0. The lowest BCUT2D eigenvalue weighted by atomic mass is 9.79. The summed E-state index contributed by atoms with van der Waals surface area (Å²) in [5, 5.41) is 0. The molecule has 0 unspecified atom stereocenters. The SMILES string of the molecule is C1=CCC2(C1)CCCC2.CC.CC=CCC1(CC=CC)CCCC1. The third-order valence-corrected chi connectivity index (χ3v) is 6.17. The van der Waals surface area contributed by atoms with Gasteiger partial charge < -0.3 is 0 Å². The highest BCUT2D eigenvalue weighted by Crippen LogP contribution is 2.47. The maximum absolute atomic E-state index is 2.37. The largest absolute Gasteiger partial charge is 0.0916 e. The van der Waals surface area contributed by atoms with Gasteiger partial charge in [-0.25, -0.2) is 0 Å². The fourth-order valence-corrected chi connectivity index (χ4v) is 4.64. The van der Waals surface area contributed by atoms with Crippen LogP contribution in [0.1, 0.15) is 105 Å². The molecule has 0 nitrogen and oxygen atoms in total. The average molecular weight is 331 g/mol. The average Bonchev–Trinajstić information content (AvgIpc) is 3.38. The van der Waals surface area contributed by atoms with E-state index in [9.17, 15) is 0 Å². The molecule has 0 atom stereocenters.